The summed E-state index contributed by atoms with van der Waals surface area (Å²) in [7, 11) is 2.94. The van der Waals surface area contributed by atoms with E-state index >= 15 is 0 Å². The van der Waals surface area contributed by atoms with Gasteiger partial charge in [0.15, 0.2) is 0 Å². The fourth-order valence-electron chi connectivity index (χ4n) is 4.07. The first-order chi connectivity index (χ1) is 16.8. The molecule has 1 fully saturated rings. The molecule has 1 saturated heterocycles. The lowest BCUT2D eigenvalue weighted by molar-refractivity contribution is -0.132. The number of hydrogen-bond acceptors (Lipinski definition) is 7. The van der Waals surface area contributed by atoms with Gasteiger partial charge in [-0.25, -0.2) is 0 Å². The highest BCUT2D eigenvalue weighted by atomic mass is 16.5. The van der Waals surface area contributed by atoms with E-state index in [4.69, 9.17) is 14.2 Å². The molecule has 0 aromatic heterocycles. The molecule has 8 nitrogen and oxygen atoms in total. The summed E-state index contributed by atoms with van der Waals surface area (Å²) in [5.41, 5.74) is 0.998. The van der Waals surface area contributed by atoms with Crippen LogP contribution in [0, 0.1) is 0 Å². The molecule has 1 unspecified atom stereocenters. The van der Waals surface area contributed by atoms with Crippen molar-refractivity contribution in [2.45, 2.75) is 13.0 Å². The van der Waals surface area contributed by atoms with E-state index in [1.54, 1.807) is 72.8 Å². The van der Waals surface area contributed by atoms with Crippen LogP contribution in [0.25, 0.3) is 5.76 Å². The van der Waals surface area contributed by atoms with Crippen LogP contribution in [-0.2, 0) is 14.4 Å². The number of rotatable bonds is 6. The van der Waals surface area contributed by atoms with Crippen molar-refractivity contribution in [1.29, 1.82) is 0 Å². The quantitative estimate of drug-likeness (QED) is 0.188. The average molecular weight is 473 g/mol. The van der Waals surface area contributed by atoms with E-state index in [2.05, 4.69) is 0 Å². The molecule has 1 aliphatic rings. The first-order valence-corrected chi connectivity index (χ1v) is 10.7. The number of ether oxygens (including phenoxy) is 3. The molecular formula is C27H23NO7. The Morgan fingerprint density at radius 1 is 0.886 bits per heavy atom. The molecule has 0 spiro atoms. The molecule has 1 atom stereocenters. The second-order valence-corrected chi connectivity index (χ2v) is 7.74. The molecule has 3 aromatic carbocycles. The molecule has 8 heteroatoms. The minimum atomic E-state index is -1.01. The Morgan fingerprint density at radius 3 is 2.31 bits per heavy atom. The van der Waals surface area contributed by atoms with E-state index in [0.717, 1.165) is 0 Å². The van der Waals surface area contributed by atoms with Gasteiger partial charge in [0.25, 0.3) is 11.7 Å². The van der Waals surface area contributed by atoms with E-state index in [-0.39, 0.29) is 22.6 Å². The average Bonchev–Trinajstić information content (AvgIpc) is 3.13. The monoisotopic (exact) mass is 473 g/mol. The van der Waals surface area contributed by atoms with Crippen molar-refractivity contribution in [1.82, 2.24) is 0 Å². The fourth-order valence-corrected chi connectivity index (χ4v) is 4.07. The predicted molar refractivity (Wildman–Crippen MR) is 129 cm³/mol. The van der Waals surface area contributed by atoms with E-state index in [1.165, 1.54) is 26.0 Å². The van der Waals surface area contributed by atoms with Gasteiger partial charge in [-0.3, -0.25) is 19.3 Å². The maximum Gasteiger partial charge on any atom is 0.308 e. The van der Waals surface area contributed by atoms with Crippen molar-refractivity contribution in [2.75, 3.05) is 19.1 Å². The van der Waals surface area contributed by atoms with Crippen molar-refractivity contribution in [3.8, 4) is 17.2 Å². The zero-order valence-corrected chi connectivity index (χ0v) is 19.3. The summed E-state index contributed by atoms with van der Waals surface area (Å²) >= 11 is 0. The molecular weight excluding hydrogens is 450 g/mol. The number of esters is 1. The molecule has 1 heterocycles. The van der Waals surface area contributed by atoms with E-state index in [1.807, 2.05) is 0 Å². The van der Waals surface area contributed by atoms with E-state index < -0.39 is 23.7 Å². The standard InChI is InChI=1S/C27H23NO7/c1-16(29)35-20-11-6-8-17(14-20)24-23(25(30)21-12-4-5-13-22(21)34-3)26(31)27(32)28(24)18-9-7-10-19(15-18)33-2/h4-15,24,30H,1-3H3/b25-23+. The summed E-state index contributed by atoms with van der Waals surface area (Å²) in [4.78, 5) is 39.5. The smallest absolute Gasteiger partial charge is 0.308 e. The third kappa shape index (κ3) is 4.46. The number of nitrogens with zero attached hydrogens (tertiary/aromatic N) is 1. The van der Waals surface area contributed by atoms with Crippen LogP contribution in [-0.4, -0.2) is 37.0 Å². The maximum atomic E-state index is 13.3. The van der Waals surface area contributed by atoms with E-state index in [9.17, 15) is 19.5 Å². The van der Waals surface area contributed by atoms with Gasteiger partial charge in [0.2, 0.25) is 0 Å². The Morgan fingerprint density at radius 2 is 1.60 bits per heavy atom. The predicted octanol–water partition coefficient (Wildman–Crippen LogP) is 4.26. The van der Waals surface area contributed by atoms with Gasteiger partial charge in [-0.2, -0.15) is 0 Å². The first-order valence-electron chi connectivity index (χ1n) is 10.7. The molecule has 0 saturated carbocycles. The SMILES string of the molecule is COc1cccc(N2C(=O)C(=O)/C(=C(/O)c3ccccc3OC)C2c2cccc(OC(C)=O)c2)c1. The van der Waals surface area contributed by atoms with Gasteiger partial charge in [0.1, 0.15) is 23.0 Å². The Bertz CT molecular complexity index is 1340. The number of aliphatic hydroxyl groups is 1. The second-order valence-electron chi connectivity index (χ2n) is 7.74. The normalized spacial score (nSPS) is 16.8. The van der Waals surface area contributed by atoms with Crippen molar-refractivity contribution in [3.05, 3.63) is 89.5 Å². The molecule has 178 valence electrons. The number of anilines is 1. The zero-order valence-electron chi connectivity index (χ0n) is 19.3. The minimum absolute atomic E-state index is 0.123. The third-order valence-corrected chi connectivity index (χ3v) is 5.57. The molecule has 4 rings (SSSR count). The number of methoxy groups -OCH3 is 2. The molecule has 35 heavy (non-hydrogen) atoms. The van der Waals surface area contributed by atoms with Crippen molar-refractivity contribution < 1.29 is 33.7 Å². The second kappa shape index (κ2) is 9.72. The third-order valence-electron chi connectivity index (χ3n) is 5.57. The fraction of sp³-hybridized carbons (Fsp3) is 0.148. The van der Waals surface area contributed by atoms with Crippen LogP contribution >= 0.6 is 0 Å². The molecule has 1 aliphatic heterocycles. The van der Waals surface area contributed by atoms with Crippen LogP contribution < -0.4 is 19.1 Å². The lowest BCUT2D eigenvalue weighted by Crippen LogP contribution is -2.29. The largest absolute Gasteiger partial charge is 0.507 e. The van der Waals surface area contributed by atoms with Crippen LogP contribution in [0.15, 0.2) is 78.4 Å². The van der Waals surface area contributed by atoms with Crippen molar-refractivity contribution in [2.24, 2.45) is 0 Å². The number of carbonyl (C=O) groups excluding carboxylic acids is 3. The van der Waals surface area contributed by atoms with Gasteiger partial charge in [-0.15, -0.1) is 0 Å². The number of carbonyl (C=O) groups is 3. The number of ketones is 1. The highest BCUT2D eigenvalue weighted by molar-refractivity contribution is 6.51. The van der Waals surface area contributed by atoms with Crippen LogP contribution in [0.4, 0.5) is 5.69 Å². The van der Waals surface area contributed by atoms with Crippen LogP contribution in [0.2, 0.25) is 0 Å². The van der Waals surface area contributed by atoms with Gasteiger partial charge in [-0.1, -0.05) is 30.3 Å². The maximum absolute atomic E-state index is 13.3. The van der Waals surface area contributed by atoms with Crippen LogP contribution in [0.3, 0.4) is 0 Å². The van der Waals surface area contributed by atoms with Gasteiger partial charge in [-0.05, 0) is 42.0 Å². The van der Waals surface area contributed by atoms with Gasteiger partial charge in [0, 0.05) is 18.7 Å². The summed E-state index contributed by atoms with van der Waals surface area (Å²) in [5.74, 6) is -1.51. The first kappa shape index (κ1) is 23.6. The summed E-state index contributed by atoms with van der Waals surface area (Å²) < 4.78 is 15.9. The zero-order chi connectivity index (χ0) is 25.1. The topological polar surface area (TPSA) is 102 Å². The highest BCUT2D eigenvalue weighted by Gasteiger charge is 2.47. The molecule has 0 radical (unpaired) electrons. The number of hydrogen-bond donors (Lipinski definition) is 1. The van der Waals surface area contributed by atoms with E-state index in [0.29, 0.717) is 22.7 Å². The molecule has 1 N–H and O–H groups in total. The number of amides is 1. The molecule has 3 aromatic rings. The lowest BCUT2D eigenvalue weighted by atomic mass is 9.94. The summed E-state index contributed by atoms with van der Waals surface area (Å²) in [6.45, 7) is 1.27. The van der Waals surface area contributed by atoms with Crippen LogP contribution in [0.5, 0.6) is 17.2 Å². The molecule has 0 bridgehead atoms. The highest BCUT2D eigenvalue weighted by Crippen LogP contribution is 2.44. The Labute approximate surface area is 202 Å². The van der Waals surface area contributed by atoms with Crippen molar-refractivity contribution in [3.63, 3.8) is 0 Å². The van der Waals surface area contributed by atoms with Crippen molar-refractivity contribution >= 4 is 29.1 Å². The summed E-state index contributed by atoms with van der Waals surface area (Å²) in [6.07, 6.45) is 0. The minimum Gasteiger partial charge on any atom is -0.507 e. The Hall–Kier alpha value is -4.59. The molecule has 0 aliphatic carbocycles. The van der Waals surface area contributed by atoms with Gasteiger partial charge in [0.05, 0.1) is 31.4 Å². The van der Waals surface area contributed by atoms with Gasteiger partial charge < -0.3 is 19.3 Å². The summed E-state index contributed by atoms with van der Waals surface area (Å²) in [5, 5.41) is 11.3. The Kier molecular flexibility index (Phi) is 6.55. The van der Waals surface area contributed by atoms with Crippen LogP contribution in [0.1, 0.15) is 24.1 Å². The number of Topliss-reactive ketones (excluding diaryl/α,β-unsaturated/α-hetero) is 1. The lowest BCUT2D eigenvalue weighted by Gasteiger charge is -2.26. The number of aliphatic hydroxyl groups excluding tert-OH is 1. The number of para-hydroxylation sites is 1. The summed E-state index contributed by atoms with van der Waals surface area (Å²) in [6, 6.07) is 18.8. The Balaban J connectivity index is 1.97. The molecule has 1 amide bonds. The van der Waals surface area contributed by atoms with Gasteiger partial charge >= 0.3 is 5.97 Å². The number of benzene rings is 3.